The summed E-state index contributed by atoms with van der Waals surface area (Å²) < 4.78 is 0. The predicted molar refractivity (Wildman–Crippen MR) is 118 cm³/mol. The van der Waals surface area contributed by atoms with Gasteiger partial charge in [-0.2, -0.15) is 0 Å². The molecule has 2 aromatic carbocycles. The molecule has 0 spiro atoms. The molecule has 2 aliphatic rings. The predicted octanol–water partition coefficient (Wildman–Crippen LogP) is 3.22. The number of imide groups is 1. The lowest BCUT2D eigenvalue weighted by Gasteiger charge is -2.34. The van der Waals surface area contributed by atoms with Crippen LogP contribution in [0.15, 0.2) is 53.9 Å². The van der Waals surface area contributed by atoms with Crippen molar-refractivity contribution in [2.24, 2.45) is 0 Å². The van der Waals surface area contributed by atoms with E-state index in [-0.39, 0.29) is 11.9 Å². The van der Waals surface area contributed by atoms with E-state index in [2.05, 4.69) is 23.7 Å². The Kier molecular flexibility index (Phi) is 4.64. The number of urea groups is 1. The van der Waals surface area contributed by atoms with Crippen LogP contribution in [-0.4, -0.2) is 30.1 Å². The first-order valence-corrected chi connectivity index (χ1v) is 11.4. The Balaban J connectivity index is 1.42. The van der Waals surface area contributed by atoms with Crippen molar-refractivity contribution in [2.75, 3.05) is 13.2 Å². The lowest BCUT2D eigenvalue weighted by Crippen LogP contribution is -3.14. The van der Waals surface area contributed by atoms with E-state index < -0.39 is 5.54 Å². The summed E-state index contributed by atoms with van der Waals surface area (Å²) >= 11 is 1.82. The van der Waals surface area contributed by atoms with Gasteiger partial charge >= 0.3 is 6.03 Å². The quantitative estimate of drug-likeness (QED) is 0.637. The molecule has 1 fully saturated rings. The molecule has 154 valence electrons. The molecule has 5 rings (SSSR count). The van der Waals surface area contributed by atoms with Crippen molar-refractivity contribution in [3.05, 3.63) is 69.9 Å². The lowest BCUT2D eigenvalue weighted by molar-refractivity contribution is -0.940. The Morgan fingerprint density at radius 3 is 2.77 bits per heavy atom. The third-order valence-electron chi connectivity index (χ3n) is 6.69. The molecule has 0 saturated carbocycles. The smallest absolute Gasteiger partial charge is 0.319 e. The molecule has 1 unspecified atom stereocenters. The third-order valence-corrected chi connectivity index (χ3v) is 7.69. The normalized spacial score (nSPS) is 26.1. The van der Waals surface area contributed by atoms with Crippen molar-refractivity contribution in [1.29, 1.82) is 0 Å². The molecular weight excluding hydrogens is 394 g/mol. The van der Waals surface area contributed by atoms with Crippen LogP contribution in [0, 0.1) is 0 Å². The summed E-state index contributed by atoms with van der Waals surface area (Å²) in [6, 6.07) is 16.3. The molecule has 6 heteroatoms. The summed E-state index contributed by atoms with van der Waals surface area (Å²) in [6.07, 6.45) is 2.00. The second-order valence-corrected chi connectivity index (χ2v) is 9.43. The molecule has 3 amide bonds. The first-order chi connectivity index (χ1) is 14.5. The molecule has 0 aliphatic carbocycles. The molecule has 2 N–H and O–H groups in total. The van der Waals surface area contributed by atoms with Gasteiger partial charge in [0.15, 0.2) is 6.67 Å². The number of quaternary nitrogens is 1. The summed E-state index contributed by atoms with van der Waals surface area (Å²) in [5.41, 5.74) is 1.17. The number of hydrogen-bond acceptors (Lipinski definition) is 3. The Labute approximate surface area is 180 Å². The second kappa shape index (κ2) is 7.22. The number of fused-ring (bicyclic) bond motifs is 2. The van der Waals surface area contributed by atoms with E-state index in [1.54, 1.807) is 0 Å². The number of nitrogens with zero attached hydrogens (tertiary/aromatic N) is 1. The van der Waals surface area contributed by atoms with Crippen LogP contribution >= 0.6 is 11.3 Å². The van der Waals surface area contributed by atoms with E-state index in [0.29, 0.717) is 12.7 Å². The molecule has 5 nitrogen and oxygen atoms in total. The van der Waals surface area contributed by atoms with Gasteiger partial charge in [-0.25, -0.2) is 9.69 Å². The van der Waals surface area contributed by atoms with Gasteiger partial charge in [0.1, 0.15) is 11.6 Å². The SMILES string of the molecule is CC[C@H]1c2ccsc2CC[NH+]1CN1C(=O)N[C@](C)(c2ccc3ccccc3c2)C1=O. The van der Waals surface area contributed by atoms with Gasteiger partial charge in [0, 0.05) is 23.3 Å². The van der Waals surface area contributed by atoms with E-state index in [4.69, 9.17) is 0 Å². The largest absolute Gasteiger partial charge is 0.329 e. The zero-order valence-corrected chi connectivity index (χ0v) is 18.1. The van der Waals surface area contributed by atoms with E-state index in [0.717, 1.165) is 35.7 Å². The molecule has 2 aliphatic heterocycles. The molecule has 1 aromatic heterocycles. The Hall–Kier alpha value is -2.70. The van der Waals surface area contributed by atoms with Crippen LogP contribution in [0.2, 0.25) is 0 Å². The lowest BCUT2D eigenvalue weighted by atomic mass is 9.90. The zero-order chi connectivity index (χ0) is 20.9. The summed E-state index contributed by atoms with van der Waals surface area (Å²) in [5.74, 6) is -0.166. The maximum absolute atomic E-state index is 13.5. The van der Waals surface area contributed by atoms with Crippen LogP contribution in [0.25, 0.3) is 10.8 Å². The van der Waals surface area contributed by atoms with Gasteiger partial charge in [0.25, 0.3) is 5.91 Å². The minimum atomic E-state index is -1.04. The van der Waals surface area contributed by atoms with Gasteiger partial charge in [-0.1, -0.05) is 43.3 Å². The number of rotatable bonds is 4. The molecule has 1 saturated heterocycles. The number of benzene rings is 2. The maximum atomic E-state index is 13.5. The van der Waals surface area contributed by atoms with Gasteiger partial charge < -0.3 is 10.2 Å². The number of thiophene rings is 1. The molecular formula is C24H26N3O2S+. The number of hydrogen-bond donors (Lipinski definition) is 2. The molecule has 30 heavy (non-hydrogen) atoms. The molecule has 3 aromatic rings. The van der Waals surface area contributed by atoms with Gasteiger partial charge in [-0.15, -0.1) is 11.3 Å². The topological polar surface area (TPSA) is 53.9 Å². The van der Waals surface area contributed by atoms with Crippen LogP contribution in [0.4, 0.5) is 4.79 Å². The number of amides is 3. The average molecular weight is 421 g/mol. The summed E-state index contributed by atoms with van der Waals surface area (Å²) in [5, 5.41) is 7.31. The number of carbonyl (C=O) groups excluding carboxylic acids is 2. The van der Waals surface area contributed by atoms with E-state index in [1.807, 2.05) is 60.7 Å². The van der Waals surface area contributed by atoms with E-state index in [1.165, 1.54) is 20.2 Å². The summed E-state index contributed by atoms with van der Waals surface area (Å²) in [6.45, 7) is 5.34. The van der Waals surface area contributed by atoms with Crippen molar-refractivity contribution in [2.45, 2.75) is 38.3 Å². The first kappa shape index (κ1) is 19.3. The summed E-state index contributed by atoms with van der Waals surface area (Å²) in [7, 11) is 0. The van der Waals surface area contributed by atoms with Crippen LogP contribution in [-0.2, 0) is 16.8 Å². The highest BCUT2D eigenvalue weighted by Crippen LogP contribution is 2.31. The van der Waals surface area contributed by atoms with Crippen LogP contribution in [0.3, 0.4) is 0 Å². The van der Waals surface area contributed by atoms with Crippen LogP contribution in [0.1, 0.15) is 42.3 Å². The molecule has 3 heterocycles. The van der Waals surface area contributed by atoms with Crippen molar-refractivity contribution < 1.29 is 14.5 Å². The fourth-order valence-corrected chi connectivity index (χ4v) is 5.92. The minimum absolute atomic E-state index is 0.166. The Morgan fingerprint density at radius 2 is 1.97 bits per heavy atom. The highest BCUT2D eigenvalue weighted by molar-refractivity contribution is 7.10. The van der Waals surface area contributed by atoms with Crippen molar-refractivity contribution in [1.82, 2.24) is 10.2 Å². The van der Waals surface area contributed by atoms with Gasteiger partial charge in [0.2, 0.25) is 0 Å². The van der Waals surface area contributed by atoms with Gasteiger partial charge in [-0.05, 0) is 40.8 Å². The van der Waals surface area contributed by atoms with Crippen LogP contribution < -0.4 is 10.2 Å². The van der Waals surface area contributed by atoms with E-state index >= 15 is 0 Å². The monoisotopic (exact) mass is 420 g/mol. The van der Waals surface area contributed by atoms with Crippen molar-refractivity contribution >= 4 is 34.0 Å². The third kappa shape index (κ3) is 2.94. The fraction of sp³-hybridized carbons (Fsp3) is 0.333. The minimum Gasteiger partial charge on any atom is -0.319 e. The Morgan fingerprint density at radius 1 is 1.17 bits per heavy atom. The van der Waals surface area contributed by atoms with E-state index in [9.17, 15) is 9.59 Å². The maximum Gasteiger partial charge on any atom is 0.329 e. The highest BCUT2D eigenvalue weighted by Gasteiger charge is 2.51. The highest BCUT2D eigenvalue weighted by atomic mass is 32.1. The van der Waals surface area contributed by atoms with Crippen molar-refractivity contribution in [3.8, 4) is 0 Å². The standard InChI is InChI=1S/C24H25N3O2S/c1-3-20-19-11-13-30-21(19)10-12-26(20)15-27-22(28)24(2,25-23(27)29)18-9-8-16-6-4-5-7-17(16)14-18/h4-9,11,13-14,20H,3,10,12,15H2,1-2H3,(H,25,29)/p+1/t20-,24+/m0/s1. The molecule has 3 atom stereocenters. The van der Waals surface area contributed by atoms with Gasteiger partial charge in [-0.3, -0.25) is 4.79 Å². The van der Waals surface area contributed by atoms with Crippen molar-refractivity contribution in [3.63, 3.8) is 0 Å². The second-order valence-electron chi connectivity index (χ2n) is 8.43. The zero-order valence-electron chi connectivity index (χ0n) is 17.3. The number of nitrogens with one attached hydrogen (secondary N) is 2. The van der Waals surface area contributed by atoms with Crippen LogP contribution in [0.5, 0.6) is 0 Å². The number of carbonyl (C=O) groups is 2. The summed E-state index contributed by atoms with van der Waals surface area (Å²) in [4.78, 5) is 30.5. The first-order valence-electron chi connectivity index (χ1n) is 10.6. The Bertz CT molecular complexity index is 1140. The average Bonchev–Trinajstić information content (AvgIpc) is 3.32. The molecule has 0 bridgehead atoms. The van der Waals surface area contributed by atoms with Gasteiger partial charge in [0.05, 0.1) is 6.54 Å². The fourth-order valence-electron chi connectivity index (χ4n) is 4.97. The molecule has 0 radical (unpaired) electrons.